The fourth-order valence-electron chi connectivity index (χ4n) is 2.32. The van der Waals surface area contributed by atoms with Crippen molar-refractivity contribution in [2.24, 2.45) is 0 Å². The minimum absolute atomic E-state index is 0.269. The zero-order valence-electron chi connectivity index (χ0n) is 14.1. The van der Waals surface area contributed by atoms with Crippen molar-refractivity contribution < 1.29 is 23.1 Å². The summed E-state index contributed by atoms with van der Waals surface area (Å²) in [4.78, 5) is 27.1. The summed E-state index contributed by atoms with van der Waals surface area (Å²) in [6.45, 7) is 0. The normalized spacial score (nSPS) is 11.2. The van der Waals surface area contributed by atoms with Gasteiger partial charge in [-0.15, -0.1) is 0 Å². The van der Waals surface area contributed by atoms with Gasteiger partial charge < -0.3 is 15.4 Å². The number of hydrogen-bond acceptors (Lipinski definition) is 4. The van der Waals surface area contributed by atoms with Crippen LogP contribution in [0.4, 0.5) is 18.9 Å². The summed E-state index contributed by atoms with van der Waals surface area (Å²) in [7, 11) is 0. The average molecular weight is 406 g/mol. The Labute approximate surface area is 161 Å². The molecule has 3 aromatic rings. The van der Waals surface area contributed by atoms with Gasteiger partial charge in [0, 0.05) is 27.7 Å². The van der Waals surface area contributed by atoms with Crippen LogP contribution < -0.4 is 10.7 Å². The summed E-state index contributed by atoms with van der Waals surface area (Å²) in [5, 5.41) is 12.2. The third-order valence-electron chi connectivity index (χ3n) is 3.67. The van der Waals surface area contributed by atoms with Gasteiger partial charge in [-0.1, -0.05) is 17.8 Å². The maximum atomic E-state index is 12.8. The number of H-pyrrole nitrogens is 1. The van der Waals surface area contributed by atoms with Crippen molar-refractivity contribution >= 4 is 23.4 Å². The highest BCUT2D eigenvalue weighted by atomic mass is 32.2. The van der Waals surface area contributed by atoms with Gasteiger partial charge >= 0.3 is 6.18 Å². The van der Waals surface area contributed by atoms with Crippen LogP contribution in [0, 0.1) is 0 Å². The Kier molecular flexibility index (Phi) is 5.46. The number of rotatable bonds is 4. The van der Waals surface area contributed by atoms with Gasteiger partial charge in [0.25, 0.3) is 5.91 Å². The molecule has 1 amide bonds. The maximum Gasteiger partial charge on any atom is 0.416 e. The number of benzene rings is 2. The van der Waals surface area contributed by atoms with Crippen molar-refractivity contribution in [3.8, 4) is 5.75 Å². The number of carbonyl (C=O) groups excluding carboxylic acids is 1. The molecule has 3 N–H and O–H groups in total. The Morgan fingerprint density at radius 1 is 1.04 bits per heavy atom. The van der Waals surface area contributed by atoms with Crippen LogP contribution in [0.3, 0.4) is 0 Å². The van der Waals surface area contributed by atoms with Gasteiger partial charge in [-0.3, -0.25) is 9.59 Å². The zero-order valence-corrected chi connectivity index (χ0v) is 14.9. The molecule has 2 aromatic carbocycles. The number of aromatic nitrogens is 1. The molecule has 0 spiro atoms. The van der Waals surface area contributed by atoms with Gasteiger partial charge in [-0.25, -0.2) is 0 Å². The van der Waals surface area contributed by atoms with Crippen molar-refractivity contribution in [3.63, 3.8) is 0 Å². The van der Waals surface area contributed by atoms with Crippen LogP contribution in [0.2, 0.25) is 0 Å². The van der Waals surface area contributed by atoms with E-state index in [4.69, 9.17) is 0 Å². The minimum Gasteiger partial charge on any atom is -0.503 e. The fourth-order valence-corrected chi connectivity index (χ4v) is 3.19. The summed E-state index contributed by atoms with van der Waals surface area (Å²) in [6, 6.07) is 12.5. The summed E-state index contributed by atoms with van der Waals surface area (Å²) in [6.07, 6.45) is -3.17. The molecule has 1 aromatic heterocycles. The molecule has 0 bridgehead atoms. The number of aromatic hydroxyl groups is 1. The monoisotopic (exact) mass is 406 g/mol. The second-order valence-corrected chi connectivity index (χ2v) is 6.82. The van der Waals surface area contributed by atoms with E-state index in [9.17, 15) is 27.9 Å². The largest absolute Gasteiger partial charge is 0.503 e. The van der Waals surface area contributed by atoms with Crippen LogP contribution >= 0.6 is 11.8 Å². The predicted molar refractivity (Wildman–Crippen MR) is 98.7 cm³/mol. The first-order valence-corrected chi connectivity index (χ1v) is 8.73. The van der Waals surface area contributed by atoms with Crippen LogP contribution in [0.25, 0.3) is 0 Å². The van der Waals surface area contributed by atoms with Gasteiger partial charge in [-0.05, 0) is 42.5 Å². The summed E-state index contributed by atoms with van der Waals surface area (Å²) < 4.78 is 38.4. The van der Waals surface area contributed by atoms with Crippen molar-refractivity contribution in [2.45, 2.75) is 16.0 Å². The number of aromatic amines is 1. The van der Waals surface area contributed by atoms with E-state index < -0.39 is 28.8 Å². The number of halogens is 3. The average Bonchev–Trinajstić information content (AvgIpc) is 2.65. The Hall–Kier alpha value is -3.20. The highest BCUT2D eigenvalue weighted by Crippen LogP contribution is 2.34. The third-order valence-corrected chi connectivity index (χ3v) is 4.67. The molecule has 0 saturated heterocycles. The van der Waals surface area contributed by atoms with Crippen molar-refractivity contribution in [2.75, 3.05) is 5.32 Å². The lowest BCUT2D eigenvalue weighted by Crippen LogP contribution is -2.16. The second kappa shape index (κ2) is 7.81. The molecule has 0 aliphatic rings. The quantitative estimate of drug-likeness (QED) is 0.596. The molecule has 5 nitrogen and oxygen atoms in total. The molecule has 0 unspecified atom stereocenters. The Morgan fingerprint density at radius 3 is 2.43 bits per heavy atom. The maximum absolute atomic E-state index is 12.8. The molecule has 0 radical (unpaired) electrons. The molecule has 0 fully saturated rings. The van der Waals surface area contributed by atoms with E-state index in [0.29, 0.717) is 15.5 Å². The zero-order chi connectivity index (χ0) is 20.3. The Balaban J connectivity index is 1.71. The highest BCUT2D eigenvalue weighted by Gasteiger charge is 2.30. The smallest absolute Gasteiger partial charge is 0.416 e. The fraction of sp³-hybridized carbons (Fsp3) is 0.0526. The number of amides is 1. The number of nitrogens with one attached hydrogen (secondary N) is 2. The first-order chi connectivity index (χ1) is 13.2. The Bertz CT molecular complexity index is 1060. The van der Waals surface area contributed by atoms with Crippen LogP contribution in [0.1, 0.15) is 16.1 Å². The Morgan fingerprint density at radius 2 is 1.75 bits per heavy atom. The first kappa shape index (κ1) is 19.6. The lowest BCUT2D eigenvalue weighted by molar-refractivity contribution is -0.137. The molecular weight excluding hydrogens is 393 g/mol. The van der Waals surface area contributed by atoms with E-state index >= 15 is 0 Å². The second-order valence-electron chi connectivity index (χ2n) is 5.67. The molecule has 0 aliphatic heterocycles. The van der Waals surface area contributed by atoms with E-state index in [-0.39, 0.29) is 5.69 Å². The van der Waals surface area contributed by atoms with E-state index in [1.54, 1.807) is 30.3 Å². The molecule has 0 saturated carbocycles. The number of anilines is 1. The van der Waals surface area contributed by atoms with E-state index in [0.717, 1.165) is 30.0 Å². The molecule has 144 valence electrons. The minimum atomic E-state index is -4.41. The van der Waals surface area contributed by atoms with Crippen LogP contribution in [0.15, 0.2) is 75.4 Å². The SMILES string of the molecule is O=C(Nc1ccc(Sc2cccc(C(F)(F)F)c2)cc1)c1[nH]ccc(=O)c1O. The lowest BCUT2D eigenvalue weighted by atomic mass is 10.2. The van der Waals surface area contributed by atoms with Gasteiger partial charge in [0.2, 0.25) is 5.43 Å². The third kappa shape index (κ3) is 4.55. The molecule has 0 aliphatic carbocycles. The van der Waals surface area contributed by atoms with Crippen LogP contribution in [-0.2, 0) is 6.18 Å². The number of pyridine rings is 1. The van der Waals surface area contributed by atoms with E-state index in [1.807, 2.05) is 0 Å². The van der Waals surface area contributed by atoms with Gasteiger partial charge in [0.1, 0.15) is 0 Å². The molecule has 28 heavy (non-hydrogen) atoms. The molecule has 0 atom stereocenters. The van der Waals surface area contributed by atoms with E-state index in [2.05, 4.69) is 10.3 Å². The van der Waals surface area contributed by atoms with Crippen LogP contribution in [0.5, 0.6) is 5.75 Å². The van der Waals surface area contributed by atoms with E-state index in [1.165, 1.54) is 12.3 Å². The highest BCUT2D eigenvalue weighted by molar-refractivity contribution is 7.99. The predicted octanol–water partition coefficient (Wildman–Crippen LogP) is 4.50. The summed E-state index contributed by atoms with van der Waals surface area (Å²) in [5.74, 6) is -1.38. The number of alkyl halides is 3. The molecule has 3 rings (SSSR count). The van der Waals surface area contributed by atoms with Gasteiger partial charge in [0.05, 0.1) is 5.56 Å². The molecular formula is C19H13F3N2O3S. The van der Waals surface area contributed by atoms with Gasteiger partial charge in [0.15, 0.2) is 11.4 Å². The molecule has 9 heteroatoms. The van der Waals surface area contributed by atoms with Crippen molar-refractivity contribution in [1.82, 2.24) is 4.98 Å². The topological polar surface area (TPSA) is 82.2 Å². The first-order valence-electron chi connectivity index (χ1n) is 7.91. The van der Waals surface area contributed by atoms with Crippen molar-refractivity contribution in [1.29, 1.82) is 0 Å². The summed E-state index contributed by atoms with van der Waals surface area (Å²) in [5.41, 5.74) is -1.29. The molecule has 1 heterocycles. The van der Waals surface area contributed by atoms with Crippen LogP contribution in [-0.4, -0.2) is 16.0 Å². The number of carbonyl (C=O) groups is 1. The van der Waals surface area contributed by atoms with Gasteiger partial charge in [-0.2, -0.15) is 13.2 Å². The van der Waals surface area contributed by atoms with Crippen molar-refractivity contribution in [3.05, 3.63) is 82.3 Å². The number of hydrogen-bond donors (Lipinski definition) is 3. The lowest BCUT2D eigenvalue weighted by Gasteiger charge is -2.09. The standard InChI is InChI=1S/C19H13F3N2O3S/c20-19(21,22)11-2-1-3-14(10-11)28-13-6-4-12(5-7-13)24-18(27)16-17(26)15(25)8-9-23-16/h1-10,26H,(H,23,25)(H,24,27). The summed E-state index contributed by atoms with van der Waals surface area (Å²) >= 11 is 1.15.